The van der Waals surface area contributed by atoms with E-state index in [0.29, 0.717) is 18.0 Å². The number of halogens is 1. The number of hydrogen-bond acceptors (Lipinski definition) is 5. The molecule has 0 aliphatic rings. The Labute approximate surface area is 184 Å². The van der Waals surface area contributed by atoms with Crippen molar-refractivity contribution in [3.63, 3.8) is 0 Å². The average Bonchev–Trinajstić information content (AvgIpc) is 3.23. The Morgan fingerprint density at radius 1 is 0.875 bits per heavy atom. The van der Waals surface area contributed by atoms with Crippen LogP contribution in [0.5, 0.6) is 0 Å². The number of anilines is 1. The summed E-state index contributed by atoms with van der Waals surface area (Å²) in [6.07, 6.45) is 9.03. The molecular formula is C25H21FN6. The fraction of sp³-hybridized carbons (Fsp3) is 0.120. The van der Waals surface area contributed by atoms with E-state index in [-0.39, 0.29) is 5.82 Å². The molecule has 0 saturated heterocycles. The van der Waals surface area contributed by atoms with Crippen LogP contribution in [-0.4, -0.2) is 24.3 Å². The summed E-state index contributed by atoms with van der Waals surface area (Å²) in [7, 11) is 0. The van der Waals surface area contributed by atoms with E-state index >= 15 is 0 Å². The first-order valence-corrected chi connectivity index (χ1v) is 10.3. The van der Waals surface area contributed by atoms with Crippen LogP contribution in [0.15, 0.2) is 73.4 Å². The number of rotatable bonds is 5. The van der Waals surface area contributed by atoms with Crippen molar-refractivity contribution in [3.8, 4) is 22.5 Å². The molecule has 1 aromatic carbocycles. The van der Waals surface area contributed by atoms with Crippen LogP contribution in [0.25, 0.3) is 28.2 Å². The van der Waals surface area contributed by atoms with E-state index in [1.807, 2.05) is 35.9 Å². The van der Waals surface area contributed by atoms with Gasteiger partial charge in [0.15, 0.2) is 11.5 Å². The second-order valence-electron chi connectivity index (χ2n) is 7.67. The Morgan fingerprint density at radius 2 is 1.72 bits per heavy atom. The highest BCUT2D eigenvalue weighted by Crippen LogP contribution is 2.25. The van der Waals surface area contributed by atoms with Crippen molar-refractivity contribution in [1.29, 1.82) is 0 Å². The third-order valence-electron chi connectivity index (χ3n) is 5.33. The maximum absolute atomic E-state index is 13.3. The normalized spacial score (nSPS) is 11.1. The summed E-state index contributed by atoms with van der Waals surface area (Å²) in [6, 6.07) is 12.5. The molecule has 0 saturated carbocycles. The van der Waals surface area contributed by atoms with Crippen LogP contribution in [0, 0.1) is 19.7 Å². The number of imidazole rings is 1. The van der Waals surface area contributed by atoms with Gasteiger partial charge in [-0.25, -0.2) is 14.4 Å². The van der Waals surface area contributed by atoms with Gasteiger partial charge in [-0.15, -0.1) is 0 Å². The highest BCUT2D eigenvalue weighted by atomic mass is 19.1. The molecule has 5 rings (SSSR count). The molecule has 4 heterocycles. The fourth-order valence-corrected chi connectivity index (χ4v) is 3.79. The monoisotopic (exact) mass is 424 g/mol. The van der Waals surface area contributed by atoms with Gasteiger partial charge >= 0.3 is 0 Å². The first-order chi connectivity index (χ1) is 15.6. The Hall–Kier alpha value is -4.13. The summed E-state index contributed by atoms with van der Waals surface area (Å²) in [5.74, 6) is 0.410. The highest BCUT2D eigenvalue weighted by molar-refractivity contribution is 5.70. The van der Waals surface area contributed by atoms with E-state index in [0.717, 1.165) is 39.3 Å². The van der Waals surface area contributed by atoms with Gasteiger partial charge in [-0.05, 0) is 61.4 Å². The summed E-state index contributed by atoms with van der Waals surface area (Å²) in [6.45, 7) is 4.60. The van der Waals surface area contributed by atoms with Crippen molar-refractivity contribution in [2.24, 2.45) is 0 Å². The third-order valence-corrected chi connectivity index (χ3v) is 5.33. The number of aromatic nitrogens is 5. The summed E-state index contributed by atoms with van der Waals surface area (Å²) in [4.78, 5) is 17.9. The summed E-state index contributed by atoms with van der Waals surface area (Å²) in [5, 5.41) is 3.37. The number of nitrogens with zero attached hydrogens (tertiary/aromatic N) is 5. The van der Waals surface area contributed by atoms with Gasteiger partial charge < -0.3 is 5.32 Å². The SMILES string of the molecule is Cc1cc(-c2ncc(CNc3nccn4c(-c5ccc(F)cc5)cnc34)cc2C)ccn1. The van der Waals surface area contributed by atoms with Crippen molar-refractivity contribution in [2.45, 2.75) is 20.4 Å². The van der Waals surface area contributed by atoms with Crippen molar-refractivity contribution in [2.75, 3.05) is 5.32 Å². The molecule has 0 spiro atoms. The van der Waals surface area contributed by atoms with Crippen molar-refractivity contribution in [1.82, 2.24) is 24.3 Å². The molecule has 0 aliphatic heterocycles. The molecule has 6 nitrogen and oxygen atoms in total. The largest absolute Gasteiger partial charge is 0.363 e. The lowest BCUT2D eigenvalue weighted by molar-refractivity contribution is 0.628. The van der Waals surface area contributed by atoms with Crippen LogP contribution >= 0.6 is 0 Å². The quantitative estimate of drug-likeness (QED) is 0.419. The molecule has 0 fully saturated rings. The molecule has 4 aromatic heterocycles. The average molecular weight is 424 g/mol. The molecule has 5 aromatic rings. The molecular weight excluding hydrogens is 403 g/mol. The lowest BCUT2D eigenvalue weighted by atomic mass is 10.1. The first kappa shape index (κ1) is 19.8. The van der Waals surface area contributed by atoms with Crippen LogP contribution in [-0.2, 0) is 6.54 Å². The molecule has 158 valence electrons. The molecule has 0 aliphatic carbocycles. The number of benzene rings is 1. The number of nitrogens with one attached hydrogen (secondary N) is 1. The molecule has 7 heteroatoms. The molecule has 0 amide bonds. The Balaban J connectivity index is 1.39. The van der Waals surface area contributed by atoms with Gasteiger partial charge in [-0.1, -0.05) is 6.07 Å². The van der Waals surface area contributed by atoms with E-state index < -0.39 is 0 Å². The predicted octanol–water partition coefficient (Wildman–Crippen LogP) is 5.22. The van der Waals surface area contributed by atoms with Gasteiger partial charge in [0.2, 0.25) is 0 Å². The van der Waals surface area contributed by atoms with E-state index in [2.05, 4.69) is 38.2 Å². The molecule has 0 bridgehead atoms. The van der Waals surface area contributed by atoms with Crippen LogP contribution in [0.2, 0.25) is 0 Å². The Bertz CT molecular complexity index is 1410. The summed E-state index contributed by atoms with van der Waals surface area (Å²) >= 11 is 0. The van der Waals surface area contributed by atoms with E-state index in [4.69, 9.17) is 0 Å². The van der Waals surface area contributed by atoms with Crippen LogP contribution < -0.4 is 5.32 Å². The van der Waals surface area contributed by atoms with Crippen LogP contribution in [0.3, 0.4) is 0 Å². The van der Waals surface area contributed by atoms with Gasteiger partial charge in [0.1, 0.15) is 5.82 Å². The van der Waals surface area contributed by atoms with Crippen molar-refractivity contribution >= 4 is 11.5 Å². The minimum Gasteiger partial charge on any atom is -0.363 e. The van der Waals surface area contributed by atoms with Crippen molar-refractivity contribution < 1.29 is 4.39 Å². The van der Waals surface area contributed by atoms with Crippen LogP contribution in [0.1, 0.15) is 16.8 Å². The summed E-state index contributed by atoms with van der Waals surface area (Å²) in [5.41, 5.74) is 7.60. The van der Waals surface area contributed by atoms with Gasteiger partial charge in [0, 0.05) is 48.2 Å². The molecule has 1 N–H and O–H groups in total. The zero-order valence-corrected chi connectivity index (χ0v) is 17.7. The summed E-state index contributed by atoms with van der Waals surface area (Å²) < 4.78 is 15.2. The molecule has 0 unspecified atom stereocenters. The van der Waals surface area contributed by atoms with E-state index in [9.17, 15) is 4.39 Å². The number of fused-ring (bicyclic) bond motifs is 1. The fourth-order valence-electron chi connectivity index (χ4n) is 3.79. The lowest BCUT2D eigenvalue weighted by Crippen LogP contribution is -2.05. The maximum Gasteiger partial charge on any atom is 0.180 e. The lowest BCUT2D eigenvalue weighted by Gasteiger charge is -2.10. The minimum absolute atomic E-state index is 0.263. The van der Waals surface area contributed by atoms with Gasteiger partial charge in [0.25, 0.3) is 0 Å². The van der Waals surface area contributed by atoms with Gasteiger partial charge in [0.05, 0.1) is 17.6 Å². The third kappa shape index (κ3) is 3.80. The number of hydrogen-bond donors (Lipinski definition) is 1. The second kappa shape index (κ2) is 8.19. The molecule has 0 atom stereocenters. The van der Waals surface area contributed by atoms with E-state index in [1.165, 1.54) is 12.1 Å². The zero-order chi connectivity index (χ0) is 22.1. The van der Waals surface area contributed by atoms with Gasteiger partial charge in [-0.2, -0.15) is 0 Å². The Kier molecular flexibility index (Phi) is 5.07. The standard InChI is InChI=1S/C25H21FN6/c1-16-11-18(13-29-23(16)20-7-8-27-17(2)12-20)14-30-24-25-31-15-22(32(25)10-9-28-24)19-3-5-21(26)6-4-19/h3-13,15H,14H2,1-2H3,(H,28,30). The minimum atomic E-state index is -0.263. The number of aryl methyl sites for hydroxylation is 2. The van der Waals surface area contributed by atoms with Crippen LogP contribution in [0.4, 0.5) is 10.2 Å². The highest BCUT2D eigenvalue weighted by Gasteiger charge is 2.11. The number of pyridine rings is 2. The molecule has 0 radical (unpaired) electrons. The van der Waals surface area contributed by atoms with Gasteiger partial charge in [-0.3, -0.25) is 14.4 Å². The first-order valence-electron chi connectivity index (χ1n) is 10.3. The Morgan fingerprint density at radius 3 is 2.50 bits per heavy atom. The zero-order valence-electron chi connectivity index (χ0n) is 17.7. The van der Waals surface area contributed by atoms with Crippen molar-refractivity contribution in [3.05, 3.63) is 96.1 Å². The predicted molar refractivity (Wildman–Crippen MR) is 123 cm³/mol. The topological polar surface area (TPSA) is 68.0 Å². The van der Waals surface area contributed by atoms with E-state index in [1.54, 1.807) is 30.7 Å². The smallest absolute Gasteiger partial charge is 0.180 e. The second-order valence-corrected chi connectivity index (χ2v) is 7.67. The maximum atomic E-state index is 13.3. The molecule has 32 heavy (non-hydrogen) atoms.